The standard InChI is InChI=1S/C30H19BrClNO2/c31-30-23-7-3-1-5-21(23)25(22-6-2-4-8-24(22)30)26-27(30)29(35)33(28(26)34)20-15-11-18(12-16-20)17-9-13-19(32)14-10-17/h1-16,25-27H/t25?,26-,27+,30?/m1/s1. The second-order valence-electron chi connectivity index (χ2n) is 9.43. The van der Waals surface area contributed by atoms with Gasteiger partial charge in [-0.05, 0) is 57.6 Å². The number of benzene rings is 4. The molecule has 2 bridgehead atoms. The molecule has 170 valence electrons. The molecule has 3 aliphatic carbocycles. The minimum atomic E-state index is -0.732. The average molecular weight is 541 g/mol. The van der Waals surface area contributed by atoms with Gasteiger partial charge >= 0.3 is 0 Å². The van der Waals surface area contributed by atoms with Gasteiger partial charge in [-0.3, -0.25) is 9.59 Å². The van der Waals surface area contributed by atoms with Crippen LogP contribution < -0.4 is 4.90 Å². The van der Waals surface area contributed by atoms with E-state index in [9.17, 15) is 9.59 Å². The zero-order valence-electron chi connectivity index (χ0n) is 18.5. The number of halogens is 2. The Labute approximate surface area is 216 Å². The Balaban J connectivity index is 1.34. The van der Waals surface area contributed by atoms with Crippen LogP contribution in [0.2, 0.25) is 5.02 Å². The fourth-order valence-corrected chi connectivity index (χ4v) is 7.71. The van der Waals surface area contributed by atoms with Crippen LogP contribution in [0.3, 0.4) is 0 Å². The van der Waals surface area contributed by atoms with E-state index in [0.717, 1.165) is 33.4 Å². The summed E-state index contributed by atoms with van der Waals surface area (Å²) in [5.41, 5.74) is 7.07. The van der Waals surface area contributed by atoms with Gasteiger partial charge in [0.25, 0.3) is 0 Å². The monoisotopic (exact) mass is 539 g/mol. The van der Waals surface area contributed by atoms with E-state index in [1.54, 1.807) is 0 Å². The molecule has 0 spiro atoms. The highest BCUT2D eigenvalue weighted by Crippen LogP contribution is 2.66. The SMILES string of the molecule is O=C1[C@@H]2C3c4ccccc4C(Br)(c4ccccc43)[C@@H]2C(=O)N1c1ccc(-c2ccc(Cl)cc2)cc1. The second kappa shape index (κ2) is 7.39. The Morgan fingerprint density at radius 3 is 1.77 bits per heavy atom. The number of carbonyl (C=O) groups excluding carboxylic acids is 2. The maximum absolute atomic E-state index is 14.0. The molecule has 1 fully saturated rings. The van der Waals surface area contributed by atoms with Crippen LogP contribution in [0.25, 0.3) is 11.1 Å². The highest BCUT2D eigenvalue weighted by Gasteiger charge is 2.67. The molecule has 3 nitrogen and oxygen atoms in total. The molecule has 0 unspecified atom stereocenters. The van der Waals surface area contributed by atoms with E-state index >= 15 is 0 Å². The van der Waals surface area contributed by atoms with E-state index in [1.807, 2.05) is 72.8 Å². The van der Waals surface area contributed by atoms with Gasteiger partial charge in [0.05, 0.1) is 21.8 Å². The van der Waals surface area contributed by atoms with Crippen molar-refractivity contribution in [1.82, 2.24) is 0 Å². The van der Waals surface area contributed by atoms with Crippen LogP contribution in [0.4, 0.5) is 5.69 Å². The zero-order chi connectivity index (χ0) is 23.9. The van der Waals surface area contributed by atoms with Crippen LogP contribution in [0.15, 0.2) is 97.1 Å². The summed E-state index contributed by atoms with van der Waals surface area (Å²) in [7, 11) is 0. The summed E-state index contributed by atoms with van der Waals surface area (Å²) in [5, 5.41) is 0.682. The van der Waals surface area contributed by atoms with E-state index in [4.69, 9.17) is 11.6 Å². The smallest absolute Gasteiger partial charge is 0.239 e. The van der Waals surface area contributed by atoms with E-state index in [-0.39, 0.29) is 17.7 Å². The number of alkyl halides is 1. The van der Waals surface area contributed by atoms with E-state index < -0.39 is 16.2 Å². The van der Waals surface area contributed by atoms with Crippen molar-refractivity contribution < 1.29 is 9.59 Å². The summed E-state index contributed by atoms with van der Waals surface area (Å²) in [6.45, 7) is 0. The molecule has 35 heavy (non-hydrogen) atoms. The highest BCUT2D eigenvalue weighted by molar-refractivity contribution is 9.09. The van der Waals surface area contributed by atoms with Crippen molar-refractivity contribution in [1.29, 1.82) is 0 Å². The molecule has 4 aliphatic rings. The summed E-state index contributed by atoms with van der Waals surface area (Å²) in [4.78, 5) is 29.4. The predicted octanol–water partition coefficient (Wildman–Crippen LogP) is 6.91. The normalized spacial score (nSPS) is 25.9. The molecule has 5 heteroatoms. The van der Waals surface area contributed by atoms with Crippen LogP contribution in [0.1, 0.15) is 28.2 Å². The first-order valence-electron chi connectivity index (χ1n) is 11.6. The van der Waals surface area contributed by atoms with Crippen molar-refractivity contribution in [2.75, 3.05) is 4.90 Å². The molecule has 1 heterocycles. The topological polar surface area (TPSA) is 37.4 Å². The largest absolute Gasteiger partial charge is 0.274 e. The number of hydrogen-bond donors (Lipinski definition) is 0. The lowest BCUT2D eigenvalue weighted by molar-refractivity contribution is -0.122. The van der Waals surface area contributed by atoms with Gasteiger partial charge in [-0.2, -0.15) is 0 Å². The molecule has 0 radical (unpaired) electrons. The number of anilines is 1. The van der Waals surface area contributed by atoms with Gasteiger partial charge in [-0.1, -0.05) is 100 Å². The summed E-state index contributed by atoms with van der Waals surface area (Å²) in [6, 6.07) is 31.7. The quantitative estimate of drug-likeness (QED) is 0.205. The fraction of sp³-hybridized carbons (Fsp3) is 0.133. The van der Waals surface area contributed by atoms with Crippen molar-refractivity contribution >= 4 is 45.0 Å². The maximum atomic E-state index is 14.0. The van der Waals surface area contributed by atoms with Crippen LogP contribution in [-0.2, 0) is 13.9 Å². The van der Waals surface area contributed by atoms with Crippen LogP contribution in [-0.4, -0.2) is 11.8 Å². The lowest BCUT2D eigenvalue weighted by Crippen LogP contribution is -2.50. The number of rotatable bonds is 2. The van der Waals surface area contributed by atoms with E-state index in [0.29, 0.717) is 10.7 Å². The Bertz CT molecular complexity index is 1480. The maximum Gasteiger partial charge on any atom is 0.239 e. The number of amides is 2. The van der Waals surface area contributed by atoms with Crippen molar-refractivity contribution in [3.8, 4) is 11.1 Å². The highest BCUT2D eigenvalue weighted by atomic mass is 79.9. The number of imide groups is 1. The first-order chi connectivity index (χ1) is 17.0. The Hall–Kier alpha value is -3.21. The molecule has 0 N–H and O–H groups in total. The second-order valence-corrected chi connectivity index (χ2v) is 11.1. The number of carbonyl (C=O) groups is 2. The van der Waals surface area contributed by atoms with Crippen molar-refractivity contribution in [3.05, 3.63) is 124 Å². The van der Waals surface area contributed by atoms with Crippen LogP contribution >= 0.6 is 27.5 Å². The van der Waals surface area contributed by atoms with Crippen LogP contribution in [0.5, 0.6) is 0 Å². The minimum Gasteiger partial charge on any atom is -0.274 e. The minimum absolute atomic E-state index is 0.128. The Kier molecular flexibility index (Phi) is 4.46. The predicted molar refractivity (Wildman–Crippen MR) is 141 cm³/mol. The molecule has 8 rings (SSSR count). The molecule has 1 aliphatic heterocycles. The van der Waals surface area contributed by atoms with Gasteiger partial charge in [-0.25, -0.2) is 4.90 Å². The molecule has 4 aromatic rings. The van der Waals surface area contributed by atoms with Gasteiger partial charge in [0.1, 0.15) is 0 Å². The van der Waals surface area contributed by atoms with Gasteiger partial charge in [0.2, 0.25) is 11.8 Å². The summed E-state index contributed by atoms with van der Waals surface area (Å²) in [5.74, 6) is -1.35. The Morgan fingerprint density at radius 2 is 1.20 bits per heavy atom. The van der Waals surface area contributed by atoms with Crippen molar-refractivity contribution in [2.24, 2.45) is 11.8 Å². The number of hydrogen-bond acceptors (Lipinski definition) is 2. The van der Waals surface area contributed by atoms with Crippen LogP contribution in [0, 0.1) is 11.8 Å². The number of nitrogens with zero attached hydrogens (tertiary/aromatic N) is 1. The average Bonchev–Trinajstić information content (AvgIpc) is 3.16. The van der Waals surface area contributed by atoms with Crippen molar-refractivity contribution in [2.45, 2.75) is 10.2 Å². The third-order valence-corrected chi connectivity index (χ3v) is 9.42. The lowest BCUT2D eigenvalue weighted by Gasteiger charge is -2.51. The molecule has 0 aromatic heterocycles. The van der Waals surface area contributed by atoms with Gasteiger partial charge in [-0.15, -0.1) is 0 Å². The lowest BCUT2D eigenvalue weighted by atomic mass is 9.55. The molecule has 1 saturated heterocycles. The van der Waals surface area contributed by atoms with E-state index in [1.165, 1.54) is 4.90 Å². The first kappa shape index (κ1) is 21.1. The fourth-order valence-electron chi connectivity index (χ4n) is 6.38. The first-order valence-corrected chi connectivity index (χ1v) is 12.8. The van der Waals surface area contributed by atoms with E-state index in [2.05, 4.69) is 40.2 Å². The molecule has 2 atom stereocenters. The Morgan fingerprint density at radius 1 is 0.686 bits per heavy atom. The molecule has 4 aromatic carbocycles. The third kappa shape index (κ3) is 2.72. The van der Waals surface area contributed by atoms with Gasteiger partial charge in [0, 0.05) is 10.9 Å². The molecule has 2 amide bonds. The van der Waals surface area contributed by atoms with Gasteiger partial charge in [0.15, 0.2) is 0 Å². The summed E-state index contributed by atoms with van der Waals surface area (Å²) >= 11 is 10.1. The molecular formula is C30H19BrClNO2. The summed E-state index contributed by atoms with van der Waals surface area (Å²) < 4.78 is -0.732. The summed E-state index contributed by atoms with van der Waals surface area (Å²) in [6.07, 6.45) is 0. The zero-order valence-corrected chi connectivity index (χ0v) is 20.8. The van der Waals surface area contributed by atoms with Crippen molar-refractivity contribution in [3.63, 3.8) is 0 Å². The van der Waals surface area contributed by atoms with Gasteiger partial charge < -0.3 is 0 Å². The molecule has 0 saturated carbocycles. The molecular weight excluding hydrogens is 522 g/mol. The third-order valence-electron chi connectivity index (χ3n) is 7.82.